The lowest BCUT2D eigenvalue weighted by molar-refractivity contribution is -0.122. The predicted molar refractivity (Wildman–Crippen MR) is 73.5 cm³/mol. The fourth-order valence-electron chi connectivity index (χ4n) is 2.93. The third kappa shape index (κ3) is 1.65. The first-order valence-corrected chi connectivity index (χ1v) is 6.78. The number of likely N-dealkylation sites (tertiary alicyclic amines) is 1. The van der Waals surface area contributed by atoms with Gasteiger partial charge in [-0.25, -0.2) is 0 Å². The predicted octanol–water partition coefficient (Wildman–Crippen LogP) is 2.91. The summed E-state index contributed by atoms with van der Waals surface area (Å²) in [5.74, 6) is 0.0646. The second-order valence-electron chi connectivity index (χ2n) is 5.15. The van der Waals surface area contributed by atoms with E-state index in [-0.39, 0.29) is 5.91 Å². The van der Waals surface area contributed by atoms with Gasteiger partial charge in [0.15, 0.2) is 0 Å². The molecular weight excluding hydrogens is 271 g/mol. The average Bonchev–Trinajstić information content (AvgIpc) is 2.58. The molecule has 3 nitrogen and oxygen atoms in total. The number of hydrogen-bond donors (Lipinski definition) is 1. The van der Waals surface area contributed by atoms with Gasteiger partial charge in [0.2, 0.25) is 5.91 Å². The Balaban J connectivity index is 2.11. The minimum Gasteiger partial charge on any atom is -0.324 e. The maximum Gasteiger partial charge on any atom is 0.235 e. The second kappa shape index (κ2) is 4.12. The molecule has 0 radical (unpaired) electrons. The van der Waals surface area contributed by atoms with E-state index in [1.165, 1.54) is 0 Å². The van der Waals surface area contributed by atoms with E-state index in [9.17, 15) is 4.79 Å². The number of amides is 1. The van der Waals surface area contributed by atoms with Crippen LogP contribution in [0.4, 0.5) is 5.69 Å². The number of nitrogens with one attached hydrogen (secondary N) is 1. The third-order valence-electron chi connectivity index (χ3n) is 4.08. The normalized spacial score (nSPS) is 22.1. The zero-order valence-electron chi connectivity index (χ0n) is 10.1. The molecule has 1 amide bonds. The van der Waals surface area contributed by atoms with Crippen LogP contribution in [0.5, 0.6) is 0 Å². The number of fused-ring (bicyclic) bond motifs is 2. The molecule has 96 valence electrons. The summed E-state index contributed by atoms with van der Waals surface area (Å²) >= 11 is 12.2. The molecule has 0 saturated carbocycles. The van der Waals surface area contributed by atoms with E-state index in [1.807, 2.05) is 6.07 Å². The van der Waals surface area contributed by atoms with Crippen LogP contribution in [-0.2, 0) is 10.2 Å². The highest BCUT2D eigenvalue weighted by Crippen LogP contribution is 2.48. The smallest absolute Gasteiger partial charge is 0.235 e. The van der Waals surface area contributed by atoms with Crippen molar-refractivity contribution < 1.29 is 4.79 Å². The van der Waals surface area contributed by atoms with E-state index in [0.717, 1.165) is 37.2 Å². The molecule has 1 fully saturated rings. The number of hydrogen-bond acceptors (Lipinski definition) is 2. The third-order valence-corrected chi connectivity index (χ3v) is 4.60. The first-order chi connectivity index (χ1) is 8.53. The van der Waals surface area contributed by atoms with Crippen LogP contribution in [0, 0.1) is 0 Å². The first-order valence-electron chi connectivity index (χ1n) is 6.02. The van der Waals surface area contributed by atoms with Crippen molar-refractivity contribution in [2.75, 3.05) is 25.5 Å². The molecule has 2 heterocycles. The van der Waals surface area contributed by atoms with Crippen LogP contribution in [0.1, 0.15) is 18.4 Å². The second-order valence-corrected chi connectivity index (χ2v) is 5.99. The molecule has 2 aliphatic heterocycles. The SMILES string of the molecule is CN1CCC2(CC1)C(=O)Nc1c(Cl)cc(Cl)cc12. The Morgan fingerprint density at radius 3 is 2.61 bits per heavy atom. The molecule has 2 aliphatic rings. The van der Waals surface area contributed by atoms with Gasteiger partial charge in [-0.1, -0.05) is 23.2 Å². The van der Waals surface area contributed by atoms with Crippen molar-refractivity contribution >= 4 is 34.8 Å². The Kier molecular flexibility index (Phi) is 2.81. The molecule has 0 aromatic heterocycles. The Morgan fingerprint density at radius 2 is 1.94 bits per heavy atom. The Labute approximate surface area is 116 Å². The Bertz CT molecular complexity index is 522. The lowest BCUT2D eigenvalue weighted by Gasteiger charge is -2.36. The molecule has 0 unspecified atom stereocenters. The molecular formula is C13H14Cl2N2O. The lowest BCUT2D eigenvalue weighted by Crippen LogP contribution is -2.45. The van der Waals surface area contributed by atoms with Crippen molar-refractivity contribution in [1.82, 2.24) is 4.90 Å². The maximum absolute atomic E-state index is 12.3. The molecule has 3 rings (SSSR count). The van der Waals surface area contributed by atoms with Crippen molar-refractivity contribution in [1.29, 1.82) is 0 Å². The van der Waals surface area contributed by atoms with Gasteiger partial charge in [0, 0.05) is 5.02 Å². The number of benzene rings is 1. The highest BCUT2D eigenvalue weighted by molar-refractivity contribution is 6.37. The van der Waals surface area contributed by atoms with Gasteiger partial charge in [0.05, 0.1) is 16.1 Å². The maximum atomic E-state index is 12.3. The molecule has 1 aromatic rings. The van der Waals surface area contributed by atoms with Crippen molar-refractivity contribution in [3.05, 3.63) is 27.7 Å². The van der Waals surface area contributed by atoms with Gasteiger partial charge in [-0.05, 0) is 50.7 Å². The number of rotatable bonds is 0. The van der Waals surface area contributed by atoms with Gasteiger partial charge in [0.1, 0.15) is 0 Å². The standard InChI is InChI=1S/C13H14Cl2N2O/c1-17-4-2-13(3-5-17)9-6-8(14)7-10(15)11(9)16-12(13)18/h6-7H,2-5H2,1H3,(H,16,18). The largest absolute Gasteiger partial charge is 0.324 e. The Hall–Kier alpha value is -0.770. The van der Waals surface area contributed by atoms with E-state index < -0.39 is 5.41 Å². The van der Waals surface area contributed by atoms with Crippen molar-refractivity contribution in [2.45, 2.75) is 18.3 Å². The lowest BCUT2D eigenvalue weighted by atomic mass is 9.74. The summed E-state index contributed by atoms with van der Waals surface area (Å²) in [5, 5.41) is 4.04. The summed E-state index contributed by atoms with van der Waals surface area (Å²) in [4.78, 5) is 14.6. The van der Waals surface area contributed by atoms with Gasteiger partial charge in [-0.3, -0.25) is 4.79 Å². The van der Waals surface area contributed by atoms with Gasteiger partial charge in [-0.15, -0.1) is 0 Å². The van der Waals surface area contributed by atoms with Crippen molar-refractivity contribution in [2.24, 2.45) is 0 Å². The van der Waals surface area contributed by atoms with Crippen LogP contribution in [-0.4, -0.2) is 30.9 Å². The van der Waals surface area contributed by atoms with Crippen LogP contribution in [0.2, 0.25) is 10.0 Å². The molecule has 1 aromatic carbocycles. The van der Waals surface area contributed by atoms with E-state index in [4.69, 9.17) is 23.2 Å². The van der Waals surface area contributed by atoms with Crippen LogP contribution < -0.4 is 5.32 Å². The summed E-state index contributed by atoms with van der Waals surface area (Å²) in [6.07, 6.45) is 1.64. The molecule has 0 bridgehead atoms. The zero-order valence-corrected chi connectivity index (χ0v) is 11.6. The number of anilines is 1. The number of piperidine rings is 1. The number of nitrogens with zero attached hydrogens (tertiary/aromatic N) is 1. The first kappa shape index (κ1) is 12.3. The summed E-state index contributed by atoms with van der Waals surface area (Å²) in [7, 11) is 2.07. The zero-order chi connectivity index (χ0) is 12.9. The number of carbonyl (C=O) groups is 1. The van der Waals surface area contributed by atoms with Crippen LogP contribution >= 0.6 is 23.2 Å². The average molecular weight is 285 g/mol. The molecule has 0 atom stereocenters. The highest BCUT2D eigenvalue weighted by atomic mass is 35.5. The molecule has 5 heteroatoms. The number of carbonyl (C=O) groups excluding carboxylic acids is 1. The minimum absolute atomic E-state index is 0.0646. The van der Waals surface area contributed by atoms with E-state index in [1.54, 1.807) is 6.07 Å². The van der Waals surface area contributed by atoms with Crippen molar-refractivity contribution in [3.63, 3.8) is 0 Å². The van der Waals surface area contributed by atoms with Gasteiger partial charge in [-0.2, -0.15) is 0 Å². The van der Waals surface area contributed by atoms with E-state index in [2.05, 4.69) is 17.3 Å². The molecule has 0 aliphatic carbocycles. The van der Waals surface area contributed by atoms with E-state index in [0.29, 0.717) is 10.0 Å². The molecule has 1 spiro atoms. The fraction of sp³-hybridized carbons (Fsp3) is 0.462. The fourth-order valence-corrected chi connectivity index (χ4v) is 3.47. The topological polar surface area (TPSA) is 32.3 Å². The summed E-state index contributed by atoms with van der Waals surface area (Å²) in [5.41, 5.74) is 1.28. The van der Waals surface area contributed by atoms with Crippen LogP contribution in [0.15, 0.2) is 12.1 Å². The minimum atomic E-state index is -0.434. The van der Waals surface area contributed by atoms with Gasteiger partial charge in [0.25, 0.3) is 0 Å². The van der Waals surface area contributed by atoms with Gasteiger partial charge >= 0.3 is 0 Å². The van der Waals surface area contributed by atoms with Crippen LogP contribution in [0.3, 0.4) is 0 Å². The monoisotopic (exact) mass is 284 g/mol. The molecule has 18 heavy (non-hydrogen) atoms. The van der Waals surface area contributed by atoms with Gasteiger partial charge < -0.3 is 10.2 Å². The highest BCUT2D eigenvalue weighted by Gasteiger charge is 2.48. The molecule has 1 saturated heterocycles. The van der Waals surface area contributed by atoms with E-state index >= 15 is 0 Å². The summed E-state index contributed by atoms with van der Waals surface area (Å²) in [6, 6.07) is 3.56. The Morgan fingerprint density at radius 1 is 1.28 bits per heavy atom. The summed E-state index contributed by atoms with van der Waals surface area (Å²) in [6.45, 7) is 1.83. The van der Waals surface area contributed by atoms with Crippen molar-refractivity contribution in [3.8, 4) is 0 Å². The molecule has 1 N–H and O–H groups in total. The number of halogens is 2. The van der Waals surface area contributed by atoms with Crippen LogP contribution in [0.25, 0.3) is 0 Å². The quantitative estimate of drug-likeness (QED) is 0.795. The summed E-state index contributed by atoms with van der Waals surface area (Å²) < 4.78 is 0.